The molecule has 1 aliphatic heterocycles. The maximum Gasteiger partial charge on any atom is 0.226 e. The van der Waals surface area contributed by atoms with Gasteiger partial charge in [0.2, 0.25) is 5.91 Å². The van der Waals surface area contributed by atoms with Gasteiger partial charge in [-0.1, -0.05) is 30.3 Å². The lowest BCUT2D eigenvalue weighted by Gasteiger charge is -2.17. The van der Waals surface area contributed by atoms with Gasteiger partial charge in [-0.05, 0) is 42.3 Å². The maximum absolute atomic E-state index is 12.6. The fraction of sp³-hybridized carbons (Fsp3) is 0.381. The van der Waals surface area contributed by atoms with E-state index in [1.807, 2.05) is 47.4 Å². The van der Waals surface area contributed by atoms with Gasteiger partial charge >= 0.3 is 0 Å². The molecule has 0 bridgehead atoms. The van der Waals surface area contributed by atoms with E-state index >= 15 is 0 Å². The van der Waals surface area contributed by atoms with Crippen molar-refractivity contribution in [1.82, 2.24) is 4.90 Å². The molecule has 0 aliphatic carbocycles. The van der Waals surface area contributed by atoms with Gasteiger partial charge < -0.3 is 20.1 Å². The van der Waals surface area contributed by atoms with E-state index in [1.165, 1.54) is 5.56 Å². The second-order valence-electron chi connectivity index (χ2n) is 6.59. The molecule has 1 fully saturated rings. The number of nitrogens with zero attached hydrogens (tertiary/aromatic N) is 1. The van der Waals surface area contributed by atoms with Gasteiger partial charge in [0.1, 0.15) is 11.5 Å². The number of carbonyl (C=O) groups excluding carboxylic acids is 1. The van der Waals surface area contributed by atoms with E-state index in [2.05, 4.69) is 12.1 Å². The Balaban J connectivity index is 0.00000261. The predicted molar refractivity (Wildman–Crippen MR) is 109 cm³/mol. The van der Waals surface area contributed by atoms with Gasteiger partial charge in [0.15, 0.2) is 0 Å². The first-order valence-corrected chi connectivity index (χ1v) is 9.01. The summed E-state index contributed by atoms with van der Waals surface area (Å²) < 4.78 is 10.8. The molecule has 5 nitrogen and oxygen atoms in total. The van der Waals surface area contributed by atoms with Crippen LogP contribution in [0.15, 0.2) is 54.6 Å². The Bertz CT molecular complexity index is 709. The fourth-order valence-corrected chi connectivity index (χ4v) is 3.48. The van der Waals surface area contributed by atoms with Gasteiger partial charge in [0.25, 0.3) is 0 Å². The standard InChI is InChI=1S/C21H26N2O3.ClH/c1-25-18-7-9-19(10-8-18)26-12-11-21(24)23-14-17(13-22)20(15-23)16-5-3-2-4-6-16;/h2-10,17,20H,11-15,22H2,1H3;1H/t17-,20+;/m1./s1. The van der Waals surface area contributed by atoms with E-state index in [0.717, 1.165) is 24.6 Å². The number of hydrogen-bond acceptors (Lipinski definition) is 4. The average Bonchev–Trinajstić information content (AvgIpc) is 3.14. The molecule has 146 valence electrons. The lowest BCUT2D eigenvalue weighted by molar-refractivity contribution is -0.130. The second-order valence-corrected chi connectivity index (χ2v) is 6.59. The zero-order valence-corrected chi connectivity index (χ0v) is 16.4. The molecule has 2 atom stereocenters. The van der Waals surface area contributed by atoms with Crippen molar-refractivity contribution in [2.75, 3.05) is 33.4 Å². The summed E-state index contributed by atoms with van der Waals surface area (Å²) in [6.45, 7) is 2.40. The van der Waals surface area contributed by atoms with Crippen LogP contribution >= 0.6 is 12.4 Å². The summed E-state index contributed by atoms with van der Waals surface area (Å²) >= 11 is 0. The molecule has 2 aromatic carbocycles. The number of amides is 1. The summed E-state index contributed by atoms with van der Waals surface area (Å²) in [5.74, 6) is 2.26. The van der Waals surface area contributed by atoms with Gasteiger partial charge in [0, 0.05) is 19.0 Å². The predicted octanol–water partition coefficient (Wildman–Crippen LogP) is 3.09. The molecule has 1 saturated heterocycles. The quantitative estimate of drug-likeness (QED) is 0.789. The van der Waals surface area contributed by atoms with E-state index in [0.29, 0.717) is 31.4 Å². The Morgan fingerprint density at radius 1 is 1.07 bits per heavy atom. The largest absolute Gasteiger partial charge is 0.497 e. The Hall–Kier alpha value is -2.24. The number of rotatable bonds is 7. The number of halogens is 1. The fourth-order valence-electron chi connectivity index (χ4n) is 3.48. The Labute approximate surface area is 166 Å². The summed E-state index contributed by atoms with van der Waals surface area (Å²) in [5, 5.41) is 0. The van der Waals surface area contributed by atoms with E-state index < -0.39 is 0 Å². The van der Waals surface area contributed by atoms with Gasteiger partial charge in [-0.25, -0.2) is 0 Å². The van der Waals surface area contributed by atoms with Crippen molar-refractivity contribution >= 4 is 18.3 Å². The number of methoxy groups -OCH3 is 1. The smallest absolute Gasteiger partial charge is 0.226 e. The van der Waals surface area contributed by atoms with E-state index in [4.69, 9.17) is 15.2 Å². The van der Waals surface area contributed by atoms with Crippen LogP contribution in [-0.2, 0) is 4.79 Å². The van der Waals surface area contributed by atoms with Crippen LogP contribution in [0.4, 0.5) is 0 Å². The number of carbonyl (C=O) groups is 1. The lowest BCUT2D eigenvalue weighted by Crippen LogP contribution is -2.30. The van der Waals surface area contributed by atoms with Crippen molar-refractivity contribution in [3.63, 3.8) is 0 Å². The summed E-state index contributed by atoms with van der Waals surface area (Å²) in [6.07, 6.45) is 0.366. The van der Waals surface area contributed by atoms with Crippen LogP contribution in [0.5, 0.6) is 11.5 Å². The summed E-state index contributed by atoms with van der Waals surface area (Å²) in [5.41, 5.74) is 7.21. The third-order valence-corrected chi connectivity index (χ3v) is 4.97. The highest BCUT2D eigenvalue weighted by Crippen LogP contribution is 2.32. The van der Waals surface area contributed by atoms with E-state index in [1.54, 1.807) is 7.11 Å². The van der Waals surface area contributed by atoms with E-state index in [9.17, 15) is 4.79 Å². The van der Waals surface area contributed by atoms with Crippen molar-refractivity contribution < 1.29 is 14.3 Å². The molecular formula is C21H27ClN2O3. The van der Waals surface area contributed by atoms with Crippen molar-refractivity contribution in [3.8, 4) is 11.5 Å². The molecular weight excluding hydrogens is 364 g/mol. The molecule has 1 heterocycles. The van der Waals surface area contributed by atoms with Crippen LogP contribution in [0.1, 0.15) is 17.9 Å². The van der Waals surface area contributed by atoms with Crippen LogP contribution in [-0.4, -0.2) is 44.2 Å². The minimum absolute atomic E-state index is 0. The number of likely N-dealkylation sites (tertiary alicyclic amines) is 1. The average molecular weight is 391 g/mol. The molecule has 0 radical (unpaired) electrons. The topological polar surface area (TPSA) is 64.8 Å². The molecule has 3 rings (SSSR count). The molecule has 6 heteroatoms. The molecule has 1 aliphatic rings. The molecule has 1 amide bonds. The lowest BCUT2D eigenvalue weighted by atomic mass is 9.89. The molecule has 0 unspecified atom stereocenters. The second kappa shape index (κ2) is 10.2. The number of ether oxygens (including phenoxy) is 2. The first kappa shape index (κ1) is 21.1. The number of nitrogens with two attached hydrogens (primary N) is 1. The zero-order chi connectivity index (χ0) is 18.4. The molecule has 2 N–H and O–H groups in total. The summed E-state index contributed by atoms with van der Waals surface area (Å²) in [7, 11) is 1.63. The van der Waals surface area contributed by atoms with Crippen LogP contribution in [0.2, 0.25) is 0 Å². The van der Waals surface area contributed by atoms with Crippen molar-refractivity contribution in [3.05, 3.63) is 60.2 Å². The maximum atomic E-state index is 12.6. The minimum Gasteiger partial charge on any atom is -0.497 e. The van der Waals surface area contributed by atoms with Gasteiger partial charge in [0.05, 0.1) is 20.1 Å². The third kappa shape index (κ3) is 5.37. The molecule has 27 heavy (non-hydrogen) atoms. The van der Waals surface area contributed by atoms with Crippen molar-refractivity contribution in [2.45, 2.75) is 12.3 Å². The van der Waals surface area contributed by atoms with Crippen molar-refractivity contribution in [1.29, 1.82) is 0 Å². The highest BCUT2D eigenvalue weighted by Gasteiger charge is 2.34. The highest BCUT2D eigenvalue weighted by molar-refractivity contribution is 5.85. The summed E-state index contributed by atoms with van der Waals surface area (Å²) in [6, 6.07) is 17.7. The third-order valence-electron chi connectivity index (χ3n) is 4.97. The van der Waals surface area contributed by atoms with Crippen LogP contribution < -0.4 is 15.2 Å². The molecule has 0 saturated carbocycles. The van der Waals surface area contributed by atoms with Crippen LogP contribution in [0.25, 0.3) is 0 Å². The van der Waals surface area contributed by atoms with Gasteiger partial charge in [-0.2, -0.15) is 0 Å². The van der Waals surface area contributed by atoms with Gasteiger partial charge in [-0.3, -0.25) is 4.79 Å². The molecule has 0 aromatic heterocycles. The molecule has 0 spiro atoms. The highest BCUT2D eigenvalue weighted by atomic mass is 35.5. The summed E-state index contributed by atoms with van der Waals surface area (Å²) in [4.78, 5) is 14.5. The first-order valence-electron chi connectivity index (χ1n) is 9.01. The Morgan fingerprint density at radius 3 is 2.37 bits per heavy atom. The van der Waals surface area contributed by atoms with E-state index in [-0.39, 0.29) is 18.3 Å². The number of hydrogen-bond donors (Lipinski definition) is 1. The van der Waals surface area contributed by atoms with Crippen LogP contribution in [0, 0.1) is 5.92 Å². The Kier molecular flexibility index (Phi) is 7.95. The van der Waals surface area contributed by atoms with Crippen LogP contribution in [0.3, 0.4) is 0 Å². The minimum atomic E-state index is 0. The zero-order valence-electron chi connectivity index (χ0n) is 15.5. The molecule has 2 aromatic rings. The normalized spacial score (nSPS) is 18.7. The SMILES string of the molecule is COc1ccc(OCCC(=O)N2C[C@@H](CN)[C@H](c3ccccc3)C2)cc1.Cl. The Morgan fingerprint density at radius 2 is 1.74 bits per heavy atom. The monoisotopic (exact) mass is 390 g/mol. The van der Waals surface area contributed by atoms with Gasteiger partial charge in [-0.15, -0.1) is 12.4 Å². The number of benzene rings is 2. The van der Waals surface area contributed by atoms with Crippen molar-refractivity contribution in [2.24, 2.45) is 11.7 Å². The first-order chi connectivity index (χ1) is 12.7.